The van der Waals surface area contributed by atoms with E-state index in [0.29, 0.717) is 13.0 Å². The summed E-state index contributed by atoms with van der Waals surface area (Å²) in [5.41, 5.74) is 3.47. The summed E-state index contributed by atoms with van der Waals surface area (Å²) in [7, 11) is 0. The van der Waals surface area contributed by atoms with Crippen molar-refractivity contribution in [1.29, 1.82) is 0 Å². The maximum atomic E-state index is 8.72. The first-order chi connectivity index (χ1) is 8.81. The van der Waals surface area contributed by atoms with Crippen LogP contribution in [0.3, 0.4) is 0 Å². The van der Waals surface area contributed by atoms with Crippen molar-refractivity contribution in [2.45, 2.75) is 13.3 Å². The summed E-state index contributed by atoms with van der Waals surface area (Å²) in [5.74, 6) is 0.884. The van der Waals surface area contributed by atoms with Crippen LogP contribution in [0.15, 0.2) is 42.5 Å². The van der Waals surface area contributed by atoms with Crippen molar-refractivity contribution in [3.8, 4) is 16.9 Å². The Labute approximate surface area is 108 Å². The van der Waals surface area contributed by atoms with Crippen LogP contribution in [0, 0.1) is 13.0 Å². The van der Waals surface area contributed by atoms with Crippen LogP contribution < -0.4 is 4.74 Å². The molecule has 0 heterocycles. The SMILES string of the molecule is Cc1cc(-c2cc[c]cc2)ccc1OCCCO. The Morgan fingerprint density at radius 2 is 1.89 bits per heavy atom. The van der Waals surface area contributed by atoms with Gasteiger partial charge in [0.1, 0.15) is 5.75 Å². The van der Waals surface area contributed by atoms with E-state index >= 15 is 0 Å². The molecule has 2 heteroatoms. The first-order valence-corrected chi connectivity index (χ1v) is 6.12. The number of aliphatic hydroxyl groups excluding tert-OH is 1. The second-order valence-electron chi connectivity index (χ2n) is 4.19. The van der Waals surface area contributed by atoms with E-state index in [4.69, 9.17) is 9.84 Å². The number of rotatable bonds is 5. The summed E-state index contributed by atoms with van der Waals surface area (Å²) < 4.78 is 5.60. The summed E-state index contributed by atoms with van der Waals surface area (Å²) in [6.07, 6.45) is 0.662. The fourth-order valence-corrected chi connectivity index (χ4v) is 1.82. The molecule has 93 valence electrons. The zero-order chi connectivity index (χ0) is 12.8. The van der Waals surface area contributed by atoms with Gasteiger partial charge in [-0.05, 0) is 41.8 Å². The lowest BCUT2D eigenvalue weighted by Gasteiger charge is -2.10. The lowest BCUT2D eigenvalue weighted by Crippen LogP contribution is -2.00. The van der Waals surface area contributed by atoms with Gasteiger partial charge >= 0.3 is 0 Å². The van der Waals surface area contributed by atoms with E-state index in [2.05, 4.69) is 18.2 Å². The largest absolute Gasteiger partial charge is 0.493 e. The van der Waals surface area contributed by atoms with Gasteiger partial charge in [0.25, 0.3) is 0 Å². The van der Waals surface area contributed by atoms with Gasteiger partial charge in [-0.3, -0.25) is 0 Å². The lowest BCUT2D eigenvalue weighted by molar-refractivity contribution is 0.233. The minimum atomic E-state index is 0.164. The molecule has 0 spiro atoms. The van der Waals surface area contributed by atoms with Gasteiger partial charge in [-0.25, -0.2) is 0 Å². The van der Waals surface area contributed by atoms with E-state index in [1.807, 2.05) is 37.3 Å². The molecule has 2 rings (SSSR count). The fourth-order valence-electron chi connectivity index (χ4n) is 1.82. The van der Waals surface area contributed by atoms with E-state index in [0.717, 1.165) is 11.3 Å². The van der Waals surface area contributed by atoms with E-state index in [1.54, 1.807) is 0 Å². The molecule has 0 amide bonds. The third kappa shape index (κ3) is 3.11. The first-order valence-electron chi connectivity index (χ1n) is 6.12. The number of hydrogen-bond donors (Lipinski definition) is 1. The van der Waals surface area contributed by atoms with Crippen LogP contribution >= 0.6 is 0 Å². The summed E-state index contributed by atoms with van der Waals surface area (Å²) in [6.45, 7) is 2.75. The molecule has 0 saturated heterocycles. The van der Waals surface area contributed by atoms with Gasteiger partial charge in [-0.1, -0.05) is 30.3 Å². The van der Waals surface area contributed by atoms with Crippen LogP contribution in [-0.4, -0.2) is 18.3 Å². The van der Waals surface area contributed by atoms with Crippen LogP contribution in [-0.2, 0) is 0 Å². The Kier molecular flexibility index (Phi) is 4.37. The molecular weight excluding hydrogens is 224 g/mol. The van der Waals surface area contributed by atoms with Crippen molar-refractivity contribution < 1.29 is 9.84 Å². The van der Waals surface area contributed by atoms with E-state index in [9.17, 15) is 0 Å². The molecule has 0 aliphatic heterocycles. The van der Waals surface area contributed by atoms with Gasteiger partial charge in [-0.2, -0.15) is 0 Å². The van der Waals surface area contributed by atoms with Crippen molar-refractivity contribution in [2.75, 3.05) is 13.2 Å². The average Bonchev–Trinajstić information content (AvgIpc) is 2.42. The van der Waals surface area contributed by atoms with Crippen LogP contribution in [0.1, 0.15) is 12.0 Å². The van der Waals surface area contributed by atoms with E-state index < -0.39 is 0 Å². The van der Waals surface area contributed by atoms with Crippen LogP contribution in [0.5, 0.6) is 5.75 Å². The molecule has 0 atom stereocenters. The highest BCUT2D eigenvalue weighted by Gasteiger charge is 2.02. The first kappa shape index (κ1) is 12.7. The highest BCUT2D eigenvalue weighted by molar-refractivity contribution is 5.65. The van der Waals surface area contributed by atoms with Crippen LogP contribution in [0.2, 0.25) is 0 Å². The Balaban J connectivity index is 2.15. The number of hydrogen-bond acceptors (Lipinski definition) is 2. The third-order valence-electron chi connectivity index (χ3n) is 2.79. The Morgan fingerprint density at radius 3 is 2.56 bits per heavy atom. The quantitative estimate of drug-likeness (QED) is 0.814. The monoisotopic (exact) mass is 241 g/mol. The molecule has 0 aliphatic carbocycles. The second-order valence-corrected chi connectivity index (χ2v) is 4.19. The lowest BCUT2D eigenvalue weighted by atomic mass is 10.0. The smallest absolute Gasteiger partial charge is 0.122 e. The fraction of sp³-hybridized carbons (Fsp3) is 0.250. The normalized spacial score (nSPS) is 10.3. The maximum absolute atomic E-state index is 8.72. The Morgan fingerprint density at radius 1 is 1.11 bits per heavy atom. The zero-order valence-electron chi connectivity index (χ0n) is 10.5. The van der Waals surface area contributed by atoms with Crippen molar-refractivity contribution in [1.82, 2.24) is 0 Å². The molecule has 0 unspecified atom stereocenters. The van der Waals surface area contributed by atoms with Crippen molar-refractivity contribution in [3.63, 3.8) is 0 Å². The molecule has 2 aromatic carbocycles. The zero-order valence-corrected chi connectivity index (χ0v) is 10.5. The molecule has 1 N–H and O–H groups in total. The van der Waals surface area contributed by atoms with Gasteiger partial charge in [-0.15, -0.1) is 0 Å². The van der Waals surface area contributed by atoms with Gasteiger partial charge in [0.05, 0.1) is 6.61 Å². The standard InChI is InChI=1S/C16H17O2/c1-13-12-15(14-6-3-2-4-7-14)8-9-16(13)18-11-5-10-17/h3-4,6-9,12,17H,5,10-11H2,1H3. The summed E-state index contributed by atoms with van der Waals surface area (Å²) in [5, 5.41) is 8.72. The topological polar surface area (TPSA) is 29.5 Å². The molecule has 0 fully saturated rings. The second kappa shape index (κ2) is 6.22. The van der Waals surface area contributed by atoms with Crippen molar-refractivity contribution >= 4 is 0 Å². The van der Waals surface area contributed by atoms with Gasteiger partial charge in [0.2, 0.25) is 0 Å². The molecule has 2 aromatic rings. The average molecular weight is 241 g/mol. The van der Waals surface area contributed by atoms with Crippen LogP contribution in [0.4, 0.5) is 0 Å². The predicted molar refractivity (Wildman–Crippen MR) is 72.6 cm³/mol. The summed E-state index contributed by atoms with van der Waals surface area (Å²) in [6, 6.07) is 17.1. The van der Waals surface area contributed by atoms with Gasteiger partial charge in [0.15, 0.2) is 0 Å². The molecule has 0 saturated carbocycles. The number of benzene rings is 2. The molecule has 0 aromatic heterocycles. The Hall–Kier alpha value is -1.80. The highest BCUT2D eigenvalue weighted by Crippen LogP contribution is 2.26. The number of ether oxygens (including phenoxy) is 1. The number of aliphatic hydroxyl groups is 1. The van der Waals surface area contributed by atoms with Crippen LogP contribution in [0.25, 0.3) is 11.1 Å². The maximum Gasteiger partial charge on any atom is 0.122 e. The van der Waals surface area contributed by atoms with E-state index in [-0.39, 0.29) is 6.61 Å². The molecule has 0 bridgehead atoms. The summed E-state index contributed by atoms with van der Waals surface area (Å²) in [4.78, 5) is 0. The number of aryl methyl sites for hydroxylation is 1. The molecule has 1 radical (unpaired) electrons. The Bertz CT molecular complexity index is 492. The van der Waals surface area contributed by atoms with E-state index in [1.165, 1.54) is 11.1 Å². The molecular formula is C16H17O2. The highest BCUT2D eigenvalue weighted by atomic mass is 16.5. The molecule has 2 nitrogen and oxygen atoms in total. The van der Waals surface area contributed by atoms with Gasteiger partial charge < -0.3 is 9.84 Å². The molecule has 0 aliphatic rings. The minimum Gasteiger partial charge on any atom is -0.493 e. The van der Waals surface area contributed by atoms with Crippen molar-refractivity contribution in [3.05, 3.63) is 54.1 Å². The van der Waals surface area contributed by atoms with Crippen molar-refractivity contribution in [2.24, 2.45) is 0 Å². The van der Waals surface area contributed by atoms with Gasteiger partial charge in [0, 0.05) is 13.0 Å². The summed E-state index contributed by atoms with van der Waals surface area (Å²) >= 11 is 0. The minimum absolute atomic E-state index is 0.164. The third-order valence-corrected chi connectivity index (χ3v) is 2.79. The molecule has 18 heavy (non-hydrogen) atoms. The predicted octanol–water partition coefficient (Wildman–Crippen LogP) is 3.22.